The minimum Gasteiger partial charge on any atom is -0.478 e. The lowest BCUT2D eigenvalue weighted by Gasteiger charge is -2.11. The number of carboxylic acids is 1. The lowest BCUT2D eigenvalue weighted by Crippen LogP contribution is -2.25. The first-order valence-corrected chi connectivity index (χ1v) is 5.23. The summed E-state index contributed by atoms with van der Waals surface area (Å²) in [6, 6.07) is 3.79. The van der Waals surface area contributed by atoms with Gasteiger partial charge in [0, 0.05) is 24.6 Å². The van der Waals surface area contributed by atoms with E-state index >= 15 is 0 Å². The summed E-state index contributed by atoms with van der Waals surface area (Å²) in [6.07, 6.45) is 5.69. The second kappa shape index (κ2) is 6.02. The SMILES string of the molecule is C#CCC(C)NCc1cc(C(=O)O)ccc1F. The number of aromatic carboxylic acids is 1. The van der Waals surface area contributed by atoms with Crippen LogP contribution in [-0.4, -0.2) is 17.1 Å². The number of halogens is 1. The van der Waals surface area contributed by atoms with E-state index in [1.165, 1.54) is 12.1 Å². The van der Waals surface area contributed by atoms with Gasteiger partial charge in [-0.2, -0.15) is 0 Å². The highest BCUT2D eigenvalue weighted by atomic mass is 19.1. The Morgan fingerprint density at radius 3 is 2.94 bits per heavy atom. The Morgan fingerprint density at radius 2 is 2.35 bits per heavy atom. The number of benzene rings is 1. The topological polar surface area (TPSA) is 49.3 Å². The standard InChI is InChI=1S/C13H14FNO2/c1-3-4-9(2)15-8-11-7-10(13(16)17)5-6-12(11)14/h1,5-7,9,15H,4,8H2,2H3,(H,16,17). The Morgan fingerprint density at radius 1 is 1.65 bits per heavy atom. The van der Waals surface area contributed by atoms with E-state index in [2.05, 4.69) is 11.2 Å². The molecule has 90 valence electrons. The minimum absolute atomic E-state index is 0.0629. The summed E-state index contributed by atoms with van der Waals surface area (Å²) in [4.78, 5) is 10.7. The Hall–Kier alpha value is -1.86. The van der Waals surface area contributed by atoms with Crippen LogP contribution < -0.4 is 5.32 Å². The van der Waals surface area contributed by atoms with E-state index in [-0.39, 0.29) is 18.2 Å². The van der Waals surface area contributed by atoms with Gasteiger partial charge in [0.25, 0.3) is 0 Å². The number of terminal acetylenes is 1. The van der Waals surface area contributed by atoms with Gasteiger partial charge in [-0.1, -0.05) is 0 Å². The summed E-state index contributed by atoms with van der Waals surface area (Å²) in [5, 5.41) is 11.8. The minimum atomic E-state index is -1.07. The first kappa shape index (κ1) is 13.2. The summed E-state index contributed by atoms with van der Waals surface area (Å²) in [6.45, 7) is 2.15. The molecule has 0 saturated carbocycles. The first-order valence-electron chi connectivity index (χ1n) is 5.23. The molecule has 0 aromatic heterocycles. The zero-order valence-electron chi connectivity index (χ0n) is 9.53. The fourth-order valence-corrected chi connectivity index (χ4v) is 1.38. The van der Waals surface area contributed by atoms with Gasteiger partial charge < -0.3 is 10.4 Å². The Balaban J connectivity index is 2.73. The number of carbonyl (C=O) groups is 1. The summed E-state index contributed by atoms with van der Waals surface area (Å²) in [5.74, 6) is 1.01. The Kier molecular flexibility index (Phi) is 4.68. The van der Waals surface area contributed by atoms with Crippen LogP contribution in [0.4, 0.5) is 4.39 Å². The van der Waals surface area contributed by atoms with Gasteiger partial charge in [0.15, 0.2) is 0 Å². The van der Waals surface area contributed by atoms with Gasteiger partial charge in [-0.25, -0.2) is 9.18 Å². The molecule has 1 aromatic rings. The molecule has 2 N–H and O–H groups in total. The molecule has 0 aliphatic heterocycles. The molecule has 1 unspecified atom stereocenters. The van der Waals surface area contributed by atoms with Crippen LogP contribution in [0.5, 0.6) is 0 Å². The normalized spacial score (nSPS) is 11.8. The molecule has 0 radical (unpaired) electrons. The molecular formula is C13H14FNO2. The van der Waals surface area contributed by atoms with Crippen LogP contribution in [-0.2, 0) is 6.54 Å². The maximum Gasteiger partial charge on any atom is 0.335 e. The predicted octanol–water partition coefficient (Wildman–Crippen LogP) is 2.03. The molecule has 0 spiro atoms. The van der Waals surface area contributed by atoms with Gasteiger partial charge >= 0.3 is 5.97 Å². The van der Waals surface area contributed by atoms with E-state index in [9.17, 15) is 9.18 Å². The van der Waals surface area contributed by atoms with Crippen molar-refractivity contribution < 1.29 is 14.3 Å². The third kappa shape index (κ3) is 3.89. The monoisotopic (exact) mass is 235 g/mol. The summed E-state index contributed by atoms with van der Waals surface area (Å²) in [5.41, 5.74) is 0.404. The lowest BCUT2D eigenvalue weighted by atomic mass is 10.1. The quantitative estimate of drug-likeness (QED) is 0.768. The van der Waals surface area contributed by atoms with E-state index in [0.717, 1.165) is 6.07 Å². The van der Waals surface area contributed by atoms with Crippen molar-refractivity contribution in [3.63, 3.8) is 0 Å². The molecule has 1 aromatic carbocycles. The van der Waals surface area contributed by atoms with Crippen molar-refractivity contribution in [2.45, 2.75) is 25.9 Å². The van der Waals surface area contributed by atoms with Crippen LogP contribution in [0, 0.1) is 18.2 Å². The van der Waals surface area contributed by atoms with E-state index in [1.54, 1.807) is 0 Å². The van der Waals surface area contributed by atoms with Crippen LogP contribution in [0.3, 0.4) is 0 Å². The highest BCUT2D eigenvalue weighted by Crippen LogP contribution is 2.11. The number of hydrogen-bond acceptors (Lipinski definition) is 2. The van der Waals surface area contributed by atoms with Crippen molar-refractivity contribution in [1.82, 2.24) is 5.32 Å². The number of nitrogens with one attached hydrogen (secondary N) is 1. The number of carboxylic acid groups (broad SMARTS) is 1. The molecule has 0 bridgehead atoms. The van der Waals surface area contributed by atoms with Crippen LogP contribution in [0.1, 0.15) is 29.3 Å². The Labute approximate surface area is 99.7 Å². The van der Waals surface area contributed by atoms with Gasteiger partial charge in [0.05, 0.1) is 5.56 Å². The molecule has 1 rings (SSSR count). The number of hydrogen-bond donors (Lipinski definition) is 2. The van der Waals surface area contributed by atoms with Crippen molar-refractivity contribution in [3.8, 4) is 12.3 Å². The number of rotatable bonds is 5. The van der Waals surface area contributed by atoms with Gasteiger partial charge in [0.2, 0.25) is 0 Å². The Bertz CT molecular complexity index is 451. The molecule has 17 heavy (non-hydrogen) atoms. The molecule has 0 amide bonds. The zero-order valence-corrected chi connectivity index (χ0v) is 9.53. The van der Waals surface area contributed by atoms with Crippen molar-refractivity contribution in [1.29, 1.82) is 0 Å². The average Bonchev–Trinajstić information content (AvgIpc) is 2.28. The summed E-state index contributed by atoms with van der Waals surface area (Å²) >= 11 is 0. The molecule has 3 nitrogen and oxygen atoms in total. The van der Waals surface area contributed by atoms with Gasteiger partial charge in [-0.05, 0) is 25.1 Å². The second-order valence-electron chi connectivity index (χ2n) is 3.80. The van der Waals surface area contributed by atoms with Crippen molar-refractivity contribution in [3.05, 3.63) is 35.1 Å². The predicted molar refractivity (Wildman–Crippen MR) is 63.1 cm³/mol. The van der Waals surface area contributed by atoms with Crippen LogP contribution in [0.2, 0.25) is 0 Å². The molecule has 0 aliphatic carbocycles. The van der Waals surface area contributed by atoms with E-state index in [1.807, 2.05) is 6.92 Å². The van der Waals surface area contributed by atoms with Gasteiger partial charge in [0.1, 0.15) is 5.82 Å². The largest absolute Gasteiger partial charge is 0.478 e. The molecule has 0 fully saturated rings. The first-order chi connectivity index (χ1) is 8.04. The lowest BCUT2D eigenvalue weighted by molar-refractivity contribution is 0.0696. The van der Waals surface area contributed by atoms with E-state index < -0.39 is 11.8 Å². The molecule has 0 saturated heterocycles. The fourth-order valence-electron chi connectivity index (χ4n) is 1.38. The molecule has 0 aliphatic rings. The average molecular weight is 235 g/mol. The maximum absolute atomic E-state index is 13.4. The maximum atomic E-state index is 13.4. The van der Waals surface area contributed by atoms with Crippen molar-refractivity contribution in [2.24, 2.45) is 0 Å². The zero-order chi connectivity index (χ0) is 12.8. The third-order valence-electron chi connectivity index (χ3n) is 2.36. The summed E-state index contributed by atoms with van der Waals surface area (Å²) < 4.78 is 13.4. The van der Waals surface area contributed by atoms with E-state index in [4.69, 9.17) is 11.5 Å². The summed E-state index contributed by atoms with van der Waals surface area (Å²) in [7, 11) is 0. The fraction of sp³-hybridized carbons (Fsp3) is 0.308. The highest BCUT2D eigenvalue weighted by molar-refractivity contribution is 5.87. The van der Waals surface area contributed by atoms with Gasteiger partial charge in [-0.3, -0.25) is 0 Å². The second-order valence-corrected chi connectivity index (χ2v) is 3.80. The highest BCUT2D eigenvalue weighted by Gasteiger charge is 2.09. The van der Waals surface area contributed by atoms with Crippen molar-refractivity contribution in [2.75, 3.05) is 0 Å². The van der Waals surface area contributed by atoms with Crippen LogP contribution in [0.25, 0.3) is 0 Å². The van der Waals surface area contributed by atoms with Crippen molar-refractivity contribution >= 4 is 5.97 Å². The smallest absolute Gasteiger partial charge is 0.335 e. The third-order valence-corrected chi connectivity index (χ3v) is 2.36. The molecular weight excluding hydrogens is 221 g/mol. The van der Waals surface area contributed by atoms with Crippen LogP contribution >= 0.6 is 0 Å². The molecule has 1 atom stereocenters. The van der Waals surface area contributed by atoms with E-state index in [0.29, 0.717) is 12.0 Å². The van der Waals surface area contributed by atoms with Crippen LogP contribution in [0.15, 0.2) is 18.2 Å². The molecule has 0 heterocycles. The van der Waals surface area contributed by atoms with Gasteiger partial charge in [-0.15, -0.1) is 12.3 Å². The molecule has 4 heteroatoms.